The molecule has 0 saturated heterocycles. The van der Waals surface area contributed by atoms with Gasteiger partial charge in [0.05, 0.1) is 19.1 Å². The van der Waals surface area contributed by atoms with E-state index in [1.165, 1.54) is 7.11 Å². The Hall–Kier alpha value is -2.08. The van der Waals surface area contributed by atoms with Gasteiger partial charge < -0.3 is 4.74 Å². The van der Waals surface area contributed by atoms with Gasteiger partial charge in [0.25, 0.3) is 0 Å². The van der Waals surface area contributed by atoms with Crippen molar-refractivity contribution in [3.8, 4) is 6.07 Å². The van der Waals surface area contributed by atoms with Gasteiger partial charge >= 0.3 is 5.97 Å². The zero-order chi connectivity index (χ0) is 12.7. The Morgan fingerprint density at radius 1 is 1.47 bits per heavy atom. The van der Waals surface area contributed by atoms with Crippen LogP contribution in [0.15, 0.2) is 42.0 Å². The summed E-state index contributed by atoms with van der Waals surface area (Å²) in [6.45, 7) is 1.69. The molecule has 0 radical (unpaired) electrons. The summed E-state index contributed by atoms with van der Waals surface area (Å²) < 4.78 is 4.59. The van der Waals surface area contributed by atoms with Crippen molar-refractivity contribution in [1.82, 2.24) is 0 Å². The zero-order valence-corrected chi connectivity index (χ0v) is 10.0. The molecule has 3 nitrogen and oxygen atoms in total. The second kappa shape index (κ2) is 6.49. The molecule has 0 saturated carbocycles. The van der Waals surface area contributed by atoms with E-state index in [0.717, 1.165) is 5.56 Å². The summed E-state index contributed by atoms with van der Waals surface area (Å²) in [6.07, 6.45) is 2.26. The lowest BCUT2D eigenvalue weighted by Gasteiger charge is -2.06. The number of hydrogen-bond acceptors (Lipinski definition) is 3. The van der Waals surface area contributed by atoms with Crippen LogP contribution in [-0.2, 0) is 9.53 Å². The third-order valence-corrected chi connectivity index (χ3v) is 2.52. The van der Waals surface area contributed by atoms with Gasteiger partial charge in [-0.2, -0.15) is 5.26 Å². The fourth-order valence-corrected chi connectivity index (χ4v) is 1.49. The largest absolute Gasteiger partial charge is 0.466 e. The van der Waals surface area contributed by atoms with E-state index in [-0.39, 0.29) is 11.9 Å². The van der Waals surface area contributed by atoms with E-state index in [0.29, 0.717) is 12.0 Å². The molecule has 1 unspecified atom stereocenters. The summed E-state index contributed by atoms with van der Waals surface area (Å²) >= 11 is 0. The highest BCUT2D eigenvalue weighted by atomic mass is 16.5. The molecule has 1 rings (SSSR count). The van der Waals surface area contributed by atoms with Crippen LogP contribution in [0.4, 0.5) is 0 Å². The molecule has 17 heavy (non-hydrogen) atoms. The Kier molecular flexibility index (Phi) is 4.96. The number of methoxy groups -OCH3 is 1. The molecule has 0 N–H and O–H groups in total. The van der Waals surface area contributed by atoms with Gasteiger partial charge in [-0.05, 0) is 18.9 Å². The third kappa shape index (κ3) is 3.76. The highest BCUT2D eigenvalue weighted by Crippen LogP contribution is 2.19. The van der Waals surface area contributed by atoms with Crippen LogP contribution in [0.2, 0.25) is 0 Å². The van der Waals surface area contributed by atoms with E-state index in [1.54, 1.807) is 13.0 Å². The van der Waals surface area contributed by atoms with Crippen molar-refractivity contribution in [2.75, 3.05) is 7.11 Å². The molecule has 0 aromatic heterocycles. The molecule has 1 aromatic carbocycles. The molecule has 1 atom stereocenters. The summed E-state index contributed by atoms with van der Waals surface area (Å²) in [5.74, 6) is -0.578. The maximum absolute atomic E-state index is 11.2. The first-order chi connectivity index (χ1) is 8.19. The number of carbonyl (C=O) groups is 1. The summed E-state index contributed by atoms with van der Waals surface area (Å²) in [5.41, 5.74) is 1.49. The summed E-state index contributed by atoms with van der Waals surface area (Å²) in [5, 5.41) is 9.09. The fraction of sp³-hybridized carbons (Fsp3) is 0.286. The van der Waals surface area contributed by atoms with Gasteiger partial charge in [0.1, 0.15) is 0 Å². The molecule has 0 aliphatic carbocycles. The van der Waals surface area contributed by atoms with Crippen molar-refractivity contribution < 1.29 is 9.53 Å². The number of hydrogen-bond donors (Lipinski definition) is 0. The van der Waals surface area contributed by atoms with Gasteiger partial charge in [-0.1, -0.05) is 36.4 Å². The molecule has 0 heterocycles. The fourth-order valence-electron chi connectivity index (χ4n) is 1.49. The average molecular weight is 229 g/mol. The molecule has 3 heteroatoms. The molecule has 0 fully saturated rings. The minimum atomic E-state index is -0.352. The molecule has 88 valence electrons. The molecular weight excluding hydrogens is 214 g/mol. The van der Waals surface area contributed by atoms with Crippen LogP contribution in [0.1, 0.15) is 24.8 Å². The van der Waals surface area contributed by atoms with Crippen molar-refractivity contribution in [2.45, 2.75) is 19.3 Å². The molecule has 0 bridgehead atoms. The van der Waals surface area contributed by atoms with Crippen LogP contribution >= 0.6 is 0 Å². The average Bonchev–Trinajstić information content (AvgIpc) is 2.39. The number of benzene rings is 1. The monoisotopic (exact) mass is 229 g/mol. The van der Waals surface area contributed by atoms with Crippen LogP contribution in [0.5, 0.6) is 0 Å². The number of ether oxygens (including phenoxy) is 1. The van der Waals surface area contributed by atoms with Crippen molar-refractivity contribution in [3.63, 3.8) is 0 Å². The third-order valence-electron chi connectivity index (χ3n) is 2.52. The van der Waals surface area contributed by atoms with Gasteiger partial charge in [0.2, 0.25) is 0 Å². The normalized spacial score (nSPS) is 12.6. The summed E-state index contributed by atoms with van der Waals surface area (Å²) in [6, 6.07) is 11.8. The number of esters is 1. The summed E-state index contributed by atoms with van der Waals surface area (Å²) in [7, 11) is 1.35. The minimum Gasteiger partial charge on any atom is -0.466 e. The first kappa shape index (κ1) is 13.0. The quantitative estimate of drug-likeness (QED) is 0.589. The molecule has 0 aliphatic rings. The van der Waals surface area contributed by atoms with Crippen LogP contribution in [0.25, 0.3) is 0 Å². The predicted molar refractivity (Wildman–Crippen MR) is 65.2 cm³/mol. The second-order valence-electron chi connectivity index (χ2n) is 3.71. The maximum atomic E-state index is 11.2. The van der Waals surface area contributed by atoms with Crippen molar-refractivity contribution in [3.05, 3.63) is 47.5 Å². The van der Waals surface area contributed by atoms with Gasteiger partial charge in [-0.25, -0.2) is 4.79 Å². The predicted octanol–water partition coefficient (Wildman–Crippen LogP) is 2.80. The Morgan fingerprint density at radius 2 is 2.12 bits per heavy atom. The highest BCUT2D eigenvalue weighted by Gasteiger charge is 2.10. The van der Waals surface area contributed by atoms with Crippen LogP contribution in [0, 0.1) is 11.3 Å². The number of nitriles is 1. The number of nitrogens with zero attached hydrogens (tertiary/aromatic N) is 1. The molecule has 0 aliphatic heterocycles. The molecule has 0 spiro atoms. The number of carbonyl (C=O) groups excluding carboxylic acids is 1. The van der Waals surface area contributed by atoms with Crippen molar-refractivity contribution in [2.24, 2.45) is 0 Å². The van der Waals surface area contributed by atoms with E-state index in [4.69, 9.17) is 5.26 Å². The minimum absolute atomic E-state index is 0.226. The van der Waals surface area contributed by atoms with E-state index >= 15 is 0 Å². The molecular formula is C14H15NO2. The molecule has 1 aromatic rings. The van der Waals surface area contributed by atoms with Gasteiger partial charge in [-0.15, -0.1) is 0 Å². The smallest absolute Gasteiger partial charge is 0.333 e. The lowest BCUT2D eigenvalue weighted by molar-refractivity contribution is -0.136. The summed E-state index contributed by atoms with van der Waals surface area (Å²) in [4.78, 5) is 11.2. The first-order valence-corrected chi connectivity index (χ1v) is 5.38. The van der Waals surface area contributed by atoms with Crippen LogP contribution < -0.4 is 0 Å². The number of allylic oxidation sites excluding steroid dienone is 1. The number of rotatable bonds is 4. The van der Waals surface area contributed by atoms with E-state index in [2.05, 4.69) is 10.8 Å². The van der Waals surface area contributed by atoms with Crippen molar-refractivity contribution in [1.29, 1.82) is 5.26 Å². The highest BCUT2D eigenvalue weighted by molar-refractivity contribution is 5.87. The van der Waals surface area contributed by atoms with Crippen molar-refractivity contribution >= 4 is 5.97 Å². The van der Waals surface area contributed by atoms with Gasteiger partial charge in [0, 0.05) is 5.57 Å². The Labute approximate surface area is 101 Å². The lowest BCUT2D eigenvalue weighted by atomic mass is 9.96. The van der Waals surface area contributed by atoms with Gasteiger partial charge in [0.15, 0.2) is 0 Å². The Morgan fingerprint density at radius 3 is 2.65 bits per heavy atom. The van der Waals surface area contributed by atoms with Crippen LogP contribution in [-0.4, -0.2) is 13.1 Å². The zero-order valence-electron chi connectivity index (χ0n) is 10.0. The SMILES string of the molecule is COC(=O)/C(C)=C/CC(C#N)c1ccccc1. The van der Waals surface area contributed by atoms with Crippen LogP contribution in [0.3, 0.4) is 0 Å². The lowest BCUT2D eigenvalue weighted by Crippen LogP contribution is -2.02. The first-order valence-electron chi connectivity index (χ1n) is 5.38. The maximum Gasteiger partial charge on any atom is 0.333 e. The van der Waals surface area contributed by atoms with Gasteiger partial charge in [-0.3, -0.25) is 0 Å². The second-order valence-corrected chi connectivity index (χ2v) is 3.71. The Bertz CT molecular complexity index is 443. The van der Waals surface area contributed by atoms with E-state index < -0.39 is 0 Å². The Balaban J connectivity index is 2.73. The van der Waals surface area contributed by atoms with E-state index in [9.17, 15) is 4.79 Å². The topological polar surface area (TPSA) is 50.1 Å². The molecule has 0 amide bonds. The standard InChI is InChI=1S/C14H15NO2/c1-11(14(16)17-2)8-9-13(10-15)12-6-4-3-5-7-12/h3-8,13H,9H2,1-2H3/b11-8+. The van der Waals surface area contributed by atoms with E-state index in [1.807, 2.05) is 30.3 Å².